The van der Waals surface area contributed by atoms with Crippen molar-refractivity contribution in [1.82, 2.24) is 0 Å². The van der Waals surface area contributed by atoms with Crippen LogP contribution < -0.4 is 10.5 Å². The minimum atomic E-state index is 0.567. The van der Waals surface area contributed by atoms with Gasteiger partial charge in [-0.15, -0.1) is 0 Å². The average molecular weight is 374 g/mol. The Hall–Kier alpha value is -2.58. The summed E-state index contributed by atoms with van der Waals surface area (Å²) in [4.78, 5) is 0. The summed E-state index contributed by atoms with van der Waals surface area (Å²) in [5.74, 6) is 1.56. The molecule has 2 heteroatoms. The molecule has 2 N–H and O–H groups in total. The third-order valence-electron chi connectivity index (χ3n) is 4.99. The van der Waals surface area contributed by atoms with Crippen LogP contribution in [0, 0.1) is 12.8 Å². The molecule has 3 rings (SSSR count). The Labute approximate surface area is 169 Å². The maximum absolute atomic E-state index is 6.13. The van der Waals surface area contributed by atoms with Gasteiger partial charge in [-0.3, -0.25) is 0 Å². The van der Waals surface area contributed by atoms with Crippen LogP contribution >= 0.6 is 0 Å². The van der Waals surface area contributed by atoms with Gasteiger partial charge >= 0.3 is 0 Å². The summed E-state index contributed by atoms with van der Waals surface area (Å²) < 4.78 is 6.13. The van der Waals surface area contributed by atoms with Crippen molar-refractivity contribution in [2.75, 3.05) is 6.61 Å². The molecule has 0 heterocycles. The van der Waals surface area contributed by atoms with Gasteiger partial charge in [-0.1, -0.05) is 68.4 Å². The molecule has 0 radical (unpaired) electrons. The van der Waals surface area contributed by atoms with Gasteiger partial charge in [0.05, 0.1) is 6.61 Å². The Morgan fingerprint density at radius 2 is 1.54 bits per heavy atom. The molecule has 0 fully saturated rings. The third-order valence-corrected chi connectivity index (χ3v) is 4.99. The lowest BCUT2D eigenvalue weighted by molar-refractivity contribution is 0.321. The second-order valence-electron chi connectivity index (χ2n) is 7.86. The molecule has 0 amide bonds. The lowest BCUT2D eigenvalue weighted by atomic mass is 9.93. The molecule has 0 bridgehead atoms. The largest absolute Gasteiger partial charge is 0.493 e. The number of ether oxygens (including phenoxy) is 1. The van der Waals surface area contributed by atoms with E-state index in [1.54, 1.807) is 0 Å². The van der Waals surface area contributed by atoms with E-state index in [1.807, 2.05) is 6.07 Å². The number of aryl methyl sites for hydroxylation is 1. The molecule has 28 heavy (non-hydrogen) atoms. The van der Waals surface area contributed by atoms with Crippen LogP contribution in [0.2, 0.25) is 0 Å². The van der Waals surface area contributed by atoms with E-state index in [0.29, 0.717) is 19.1 Å². The van der Waals surface area contributed by atoms with Crippen LogP contribution in [0.25, 0.3) is 11.1 Å². The fourth-order valence-electron chi connectivity index (χ4n) is 3.69. The summed E-state index contributed by atoms with van der Waals surface area (Å²) in [5.41, 5.74) is 13.4. The first-order valence-corrected chi connectivity index (χ1v) is 10.2. The molecule has 0 atom stereocenters. The van der Waals surface area contributed by atoms with E-state index in [-0.39, 0.29) is 0 Å². The van der Waals surface area contributed by atoms with Gasteiger partial charge in [0.1, 0.15) is 5.75 Å². The fraction of sp³-hybridized carbons (Fsp3) is 0.308. The molecule has 0 aliphatic rings. The predicted molar refractivity (Wildman–Crippen MR) is 119 cm³/mol. The van der Waals surface area contributed by atoms with Crippen LogP contribution in [0.1, 0.15) is 36.1 Å². The summed E-state index contributed by atoms with van der Waals surface area (Å²) in [6, 6.07) is 23.5. The van der Waals surface area contributed by atoms with Crippen molar-refractivity contribution in [3.63, 3.8) is 0 Å². The number of hydrogen-bond donors (Lipinski definition) is 1. The molecule has 0 saturated carbocycles. The van der Waals surface area contributed by atoms with E-state index in [0.717, 1.165) is 18.6 Å². The van der Waals surface area contributed by atoms with Gasteiger partial charge in [0.15, 0.2) is 0 Å². The molecule has 2 nitrogen and oxygen atoms in total. The van der Waals surface area contributed by atoms with Gasteiger partial charge in [-0.2, -0.15) is 0 Å². The Balaban J connectivity index is 1.77. The lowest BCUT2D eigenvalue weighted by Crippen LogP contribution is -2.06. The maximum atomic E-state index is 6.13. The predicted octanol–water partition coefficient (Wildman–Crippen LogP) is 5.94. The Morgan fingerprint density at radius 3 is 2.25 bits per heavy atom. The second kappa shape index (κ2) is 9.57. The summed E-state index contributed by atoms with van der Waals surface area (Å²) in [6.45, 7) is 7.87. The molecule has 0 aromatic heterocycles. The Kier molecular flexibility index (Phi) is 6.89. The lowest BCUT2D eigenvalue weighted by Gasteiger charge is -2.15. The first-order chi connectivity index (χ1) is 13.6. The summed E-state index contributed by atoms with van der Waals surface area (Å²) in [6.07, 6.45) is 1.94. The number of benzene rings is 3. The maximum Gasteiger partial charge on any atom is 0.120 e. The van der Waals surface area contributed by atoms with Gasteiger partial charge in [0.25, 0.3) is 0 Å². The van der Waals surface area contributed by atoms with Gasteiger partial charge in [0, 0.05) is 13.0 Å². The van der Waals surface area contributed by atoms with Gasteiger partial charge in [0.2, 0.25) is 0 Å². The normalized spacial score (nSPS) is 11.0. The zero-order valence-corrected chi connectivity index (χ0v) is 17.2. The standard InChI is InChI=1S/C26H31NO/c1-19(2)14-22-9-6-7-11-26(22)24-15-20(3)16-25(17-24)28-13-12-21-8-4-5-10-23(21)18-27/h4-11,15-17,19H,12-14,18,27H2,1-3H3. The quantitative estimate of drug-likeness (QED) is 0.530. The molecular weight excluding hydrogens is 342 g/mol. The molecule has 3 aromatic rings. The summed E-state index contributed by atoms with van der Waals surface area (Å²) in [7, 11) is 0. The molecule has 3 aromatic carbocycles. The van der Waals surface area contributed by atoms with E-state index < -0.39 is 0 Å². The van der Waals surface area contributed by atoms with Crippen LogP contribution in [0.5, 0.6) is 5.75 Å². The van der Waals surface area contributed by atoms with E-state index in [4.69, 9.17) is 10.5 Å². The van der Waals surface area contributed by atoms with Gasteiger partial charge in [-0.05, 0) is 64.8 Å². The average Bonchev–Trinajstić information content (AvgIpc) is 2.68. The van der Waals surface area contributed by atoms with Crippen molar-refractivity contribution in [3.8, 4) is 16.9 Å². The van der Waals surface area contributed by atoms with E-state index in [2.05, 4.69) is 81.4 Å². The highest BCUT2D eigenvalue weighted by molar-refractivity contribution is 5.69. The number of nitrogens with two attached hydrogens (primary N) is 1. The van der Waals surface area contributed by atoms with Crippen molar-refractivity contribution in [2.24, 2.45) is 11.7 Å². The Bertz CT molecular complexity index is 914. The van der Waals surface area contributed by atoms with Gasteiger partial charge in [-0.25, -0.2) is 0 Å². The molecule has 146 valence electrons. The highest BCUT2D eigenvalue weighted by atomic mass is 16.5. The van der Waals surface area contributed by atoms with Crippen molar-refractivity contribution in [2.45, 2.75) is 40.2 Å². The first-order valence-electron chi connectivity index (χ1n) is 10.2. The second-order valence-corrected chi connectivity index (χ2v) is 7.86. The van der Waals surface area contributed by atoms with Crippen LogP contribution in [-0.2, 0) is 19.4 Å². The van der Waals surface area contributed by atoms with Crippen LogP contribution in [0.15, 0.2) is 66.7 Å². The molecule has 0 unspecified atom stereocenters. The fourth-order valence-corrected chi connectivity index (χ4v) is 3.69. The smallest absolute Gasteiger partial charge is 0.120 e. The monoisotopic (exact) mass is 373 g/mol. The third kappa shape index (κ3) is 5.24. The minimum Gasteiger partial charge on any atom is -0.493 e. The molecule has 0 saturated heterocycles. The molecule has 0 aliphatic heterocycles. The van der Waals surface area contributed by atoms with Crippen molar-refractivity contribution >= 4 is 0 Å². The topological polar surface area (TPSA) is 35.2 Å². The van der Waals surface area contributed by atoms with E-state index in [9.17, 15) is 0 Å². The number of hydrogen-bond acceptors (Lipinski definition) is 2. The van der Waals surface area contributed by atoms with Crippen LogP contribution in [0.4, 0.5) is 0 Å². The highest BCUT2D eigenvalue weighted by Crippen LogP contribution is 2.30. The van der Waals surface area contributed by atoms with Gasteiger partial charge < -0.3 is 10.5 Å². The molecule has 0 aliphatic carbocycles. The summed E-state index contributed by atoms with van der Waals surface area (Å²) in [5, 5.41) is 0. The minimum absolute atomic E-state index is 0.567. The van der Waals surface area contributed by atoms with Crippen LogP contribution in [-0.4, -0.2) is 6.61 Å². The highest BCUT2D eigenvalue weighted by Gasteiger charge is 2.09. The first kappa shape index (κ1) is 20.2. The SMILES string of the molecule is Cc1cc(OCCc2ccccc2CN)cc(-c2ccccc2CC(C)C)c1. The molecule has 0 spiro atoms. The molecular formula is C26H31NO. The number of rotatable bonds is 8. The zero-order valence-electron chi connectivity index (χ0n) is 17.2. The summed E-state index contributed by atoms with van der Waals surface area (Å²) >= 11 is 0. The van der Waals surface area contributed by atoms with Crippen molar-refractivity contribution < 1.29 is 4.74 Å². The van der Waals surface area contributed by atoms with E-state index in [1.165, 1.54) is 33.4 Å². The van der Waals surface area contributed by atoms with E-state index >= 15 is 0 Å². The zero-order chi connectivity index (χ0) is 19.9. The van der Waals surface area contributed by atoms with Crippen molar-refractivity contribution in [1.29, 1.82) is 0 Å². The Morgan fingerprint density at radius 1 is 0.857 bits per heavy atom. The van der Waals surface area contributed by atoms with Crippen LogP contribution in [0.3, 0.4) is 0 Å². The van der Waals surface area contributed by atoms with Crippen molar-refractivity contribution in [3.05, 3.63) is 89.0 Å².